The Morgan fingerprint density at radius 2 is 1.83 bits per heavy atom. The van der Waals surface area contributed by atoms with Gasteiger partial charge in [-0.1, -0.05) is 13.0 Å². The molecule has 124 valence electrons. The first-order chi connectivity index (χ1) is 11.0. The molecule has 1 saturated heterocycles. The number of benzene rings is 1. The molecule has 0 spiro atoms. The number of phenolic OH excluding ortho intramolecular Hbond substituents is 1. The molecule has 1 aliphatic heterocycles. The molecule has 2 amide bonds. The Kier molecular flexibility index (Phi) is 4.55. The van der Waals surface area contributed by atoms with Gasteiger partial charge in [0.05, 0.1) is 0 Å². The van der Waals surface area contributed by atoms with Gasteiger partial charge >= 0.3 is 0 Å². The van der Waals surface area contributed by atoms with Crippen LogP contribution >= 0.6 is 0 Å². The van der Waals surface area contributed by atoms with Gasteiger partial charge in [-0.2, -0.15) is 0 Å². The second-order valence-electron chi connectivity index (χ2n) is 6.74. The summed E-state index contributed by atoms with van der Waals surface area (Å²) in [5, 5.41) is 9.49. The summed E-state index contributed by atoms with van der Waals surface area (Å²) < 4.78 is 0. The van der Waals surface area contributed by atoms with Crippen molar-refractivity contribution in [3.8, 4) is 5.75 Å². The number of phenols is 1. The van der Waals surface area contributed by atoms with E-state index in [0.29, 0.717) is 44.1 Å². The largest absolute Gasteiger partial charge is 0.508 e. The van der Waals surface area contributed by atoms with Crippen LogP contribution in [-0.4, -0.2) is 52.9 Å². The average molecular weight is 316 g/mol. The molecule has 0 aromatic heterocycles. The molecule has 5 nitrogen and oxygen atoms in total. The highest BCUT2D eigenvalue weighted by Gasteiger charge is 2.31. The lowest BCUT2D eigenvalue weighted by Gasteiger charge is -2.35. The first-order valence-corrected chi connectivity index (χ1v) is 8.40. The molecule has 23 heavy (non-hydrogen) atoms. The Hall–Kier alpha value is -2.04. The van der Waals surface area contributed by atoms with Gasteiger partial charge in [0.15, 0.2) is 0 Å². The smallest absolute Gasteiger partial charge is 0.254 e. The van der Waals surface area contributed by atoms with E-state index in [1.54, 1.807) is 23.1 Å². The zero-order valence-corrected chi connectivity index (χ0v) is 13.6. The molecule has 1 aromatic carbocycles. The number of piperazine rings is 1. The number of rotatable bonds is 4. The van der Waals surface area contributed by atoms with Crippen molar-refractivity contribution < 1.29 is 14.7 Å². The van der Waals surface area contributed by atoms with E-state index >= 15 is 0 Å². The lowest BCUT2D eigenvalue weighted by molar-refractivity contribution is -0.133. The predicted octanol–water partition coefficient (Wildman–Crippen LogP) is 2.11. The van der Waals surface area contributed by atoms with Crippen LogP contribution in [0.25, 0.3) is 0 Å². The van der Waals surface area contributed by atoms with Crippen molar-refractivity contribution in [1.29, 1.82) is 0 Å². The van der Waals surface area contributed by atoms with Crippen LogP contribution < -0.4 is 0 Å². The number of hydrogen-bond acceptors (Lipinski definition) is 3. The second-order valence-corrected chi connectivity index (χ2v) is 6.74. The fourth-order valence-corrected chi connectivity index (χ4v) is 3.22. The molecule has 3 rings (SSSR count). The van der Waals surface area contributed by atoms with E-state index in [-0.39, 0.29) is 17.6 Å². The number of carbonyl (C=O) groups excluding carboxylic acids is 2. The van der Waals surface area contributed by atoms with Crippen molar-refractivity contribution in [1.82, 2.24) is 9.80 Å². The van der Waals surface area contributed by atoms with Crippen molar-refractivity contribution in [3.05, 3.63) is 29.8 Å². The molecule has 1 aliphatic carbocycles. The molecular formula is C18H24N2O3. The molecule has 0 radical (unpaired) electrons. The van der Waals surface area contributed by atoms with Crippen molar-refractivity contribution in [2.75, 3.05) is 26.2 Å². The number of hydrogen-bond donors (Lipinski definition) is 1. The molecule has 1 aromatic rings. The van der Waals surface area contributed by atoms with Crippen molar-refractivity contribution in [3.63, 3.8) is 0 Å². The number of nitrogens with zero attached hydrogens (tertiary/aromatic N) is 2. The number of carbonyl (C=O) groups is 2. The summed E-state index contributed by atoms with van der Waals surface area (Å²) in [6, 6.07) is 6.41. The highest BCUT2D eigenvalue weighted by Crippen LogP contribution is 2.38. The van der Waals surface area contributed by atoms with Crippen LogP contribution in [0, 0.1) is 11.8 Å². The fourth-order valence-electron chi connectivity index (χ4n) is 3.22. The molecule has 1 N–H and O–H groups in total. The zero-order valence-electron chi connectivity index (χ0n) is 13.6. The van der Waals surface area contributed by atoms with Gasteiger partial charge in [-0.15, -0.1) is 0 Å². The minimum Gasteiger partial charge on any atom is -0.508 e. The summed E-state index contributed by atoms with van der Waals surface area (Å²) in [4.78, 5) is 28.4. The van der Waals surface area contributed by atoms with E-state index < -0.39 is 0 Å². The third kappa shape index (κ3) is 3.84. The topological polar surface area (TPSA) is 60.9 Å². The van der Waals surface area contributed by atoms with Crippen molar-refractivity contribution in [2.24, 2.45) is 11.8 Å². The highest BCUT2D eigenvalue weighted by molar-refractivity contribution is 5.94. The molecule has 0 bridgehead atoms. The van der Waals surface area contributed by atoms with Crippen LogP contribution in [0.4, 0.5) is 0 Å². The van der Waals surface area contributed by atoms with E-state index in [0.717, 1.165) is 5.92 Å². The van der Waals surface area contributed by atoms with E-state index in [4.69, 9.17) is 0 Å². The maximum absolute atomic E-state index is 12.4. The fraction of sp³-hybridized carbons (Fsp3) is 0.556. The van der Waals surface area contributed by atoms with E-state index in [1.807, 2.05) is 4.90 Å². The molecule has 1 unspecified atom stereocenters. The van der Waals surface area contributed by atoms with Gasteiger partial charge in [0.25, 0.3) is 5.91 Å². The van der Waals surface area contributed by atoms with Gasteiger partial charge in [0.1, 0.15) is 5.75 Å². The standard InChI is InChI=1S/C18H24N2O3/c1-13(14-5-6-14)11-17(22)19-7-9-20(10-8-19)18(23)15-3-2-4-16(21)12-15/h2-4,12-14,21H,5-11H2,1H3. The van der Waals surface area contributed by atoms with E-state index in [1.165, 1.54) is 18.9 Å². The second kappa shape index (κ2) is 6.60. The van der Waals surface area contributed by atoms with Crippen LogP contribution in [0.3, 0.4) is 0 Å². The molecule has 1 heterocycles. The van der Waals surface area contributed by atoms with Crippen LogP contribution in [0.2, 0.25) is 0 Å². The molecule has 2 aliphatic rings. The molecule has 1 saturated carbocycles. The molecule has 2 fully saturated rings. The van der Waals surface area contributed by atoms with Crippen LogP contribution in [-0.2, 0) is 4.79 Å². The van der Waals surface area contributed by atoms with E-state index in [2.05, 4.69) is 6.92 Å². The first kappa shape index (κ1) is 15.8. The first-order valence-electron chi connectivity index (χ1n) is 8.40. The van der Waals surface area contributed by atoms with Gasteiger partial charge in [0, 0.05) is 38.2 Å². The van der Waals surface area contributed by atoms with Gasteiger partial charge in [0.2, 0.25) is 5.91 Å². The molecule has 5 heteroatoms. The quantitative estimate of drug-likeness (QED) is 0.925. The van der Waals surface area contributed by atoms with Crippen LogP contribution in [0.1, 0.15) is 36.5 Å². The summed E-state index contributed by atoms with van der Waals surface area (Å²) >= 11 is 0. The zero-order chi connectivity index (χ0) is 16.4. The number of aromatic hydroxyl groups is 1. The van der Waals surface area contributed by atoms with Gasteiger partial charge < -0.3 is 14.9 Å². The maximum Gasteiger partial charge on any atom is 0.254 e. The summed E-state index contributed by atoms with van der Waals surface area (Å²) in [6.45, 7) is 4.47. The van der Waals surface area contributed by atoms with Gasteiger partial charge in [-0.05, 0) is 42.9 Å². The Balaban J connectivity index is 1.51. The predicted molar refractivity (Wildman–Crippen MR) is 87.1 cm³/mol. The molecular weight excluding hydrogens is 292 g/mol. The normalized spacial score (nSPS) is 19.5. The van der Waals surface area contributed by atoms with Crippen LogP contribution in [0.5, 0.6) is 5.75 Å². The summed E-state index contributed by atoms with van der Waals surface area (Å²) in [6.07, 6.45) is 3.16. The summed E-state index contributed by atoms with van der Waals surface area (Å²) in [5.41, 5.74) is 0.493. The minimum absolute atomic E-state index is 0.0839. The van der Waals surface area contributed by atoms with E-state index in [9.17, 15) is 14.7 Å². The van der Waals surface area contributed by atoms with Gasteiger partial charge in [-0.25, -0.2) is 0 Å². The van der Waals surface area contributed by atoms with Crippen molar-refractivity contribution in [2.45, 2.75) is 26.2 Å². The lowest BCUT2D eigenvalue weighted by Crippen LogP contribution is -2.50. The summed E-state index contributed by atoms with van der Waals surface area (Å²) in [7, 11) is 0. The average Bonchev–Trinajstić information content (AvgIpc) is 3.39. The third-order valence-corrected chi connectivity index (χ3v) is 4.94. The third-order valence-electron chi connectivity index (χ3n) is 4.94. The Bertz CT molecular complexity index is 590. The SMILES string of the molecule is CC(CC(=O)N1CCN(C(=O)c2cccc(O)c2)CC1)C1CC1. The monoisotopic (exact) mass is 316 g/mol. The Morgan fingerprint density at radius 1 is 1.17 bits per heavy atom. The lowest BCUT2D eigenvalue weighted by atomic mass is 10.0. The highest BCUT2D eigenvalue weighted by atomic mass is 16.3. The number of amides is 2. The minimum atomic E-state index is -0.0839. The summed E-state index contributed by atoms with van der Waals surface area (Å²) in [5.74, 6) is 1.45. The Morgan fingerprint density at radius 3 is 2.43 bits per heavy atom. The van der Waals surface area contributed by atoms with Crippen molar-refractivity contribution >= 4 is 11.8 Å². The maximum atomic E-state index is 12.4. The van der Waals surface area contributed by atoms with Crippen LogP contribution in [0.15, 0.2) is 24.3 Å². The van der Waals surface area contributed by atoms with Gasteiger partial charge in [-0.3, -0.25) is 9.59 Å². The Labute approximate surface area is 136 Å². The molecule has 1 atom stereocenters.